The summed E-state index contributed by atoms with van der Waals surface area (Å²) in [5, 5.41) is 16.4. The Balaban J connectivity index is 1.96. The number of ether oxygens (including phenoxy) is 2. The average molecular weight is 321 g/mol. The van der Waals surface area contributed by atoms with E-state index in [0.29, 0.717) is 12.3 Å². The molecule has 1 aliphatic rings. The Bertz CT molecular complexity index is 540. The van der Waals surface area contributed by atoms with E-state index in [4.69, 9.17) is 9.47 Å². The van der Waals surface area contributed by atoms with E-state index in [1.807, 2.05) is 13.0 Å². The number of guanidine groups is 1. The van der Waals surface area contributed by atoms with Gasteiger partial charge in [-0.3, -0.25) is 0 Å². The van der Waals surface area contributed by atoms with Crippen LogP contribution in [0.3, 0.4) is 0 Å². The predicted octanol–water partition coefficient (Wildman–Crippen LogP) is 2.02. The Morgan fingerprint density at radius 2 is 2.26 bits per heavy atom. The third-order valence-corrected chi connectivity index (χ3v) is 3.94. The topological polar surface area (TPSA) is 75.1 Å². The quantitative estimate of drug-likeness (QED) is 0.552. The molecule has 0 aromatic heterocycles. The van der Waals surface area contributed by atoms with Crippen LogP contribution in [0.4, 0.5) is 0 Å². The fraction of sp³-hybridized carbons (Fsp3) is 0.588. The van der Waals surface area contributed by atoms with Gasteiger partial charge < -0.3 is 25.2 Å². The van der Waals surface area contributed by atoms with Gasteiger partial charge in [0.15, 0.2) is 17.5 Å². The first-order valence-corrected chi connectivity index (χ1v) is 8.08. The molecule has 1 aromatic rings. The molecule has 0 radical (unpaired) electrons. The summed E-state index contributed by atoms with van der Waals surface area (Å²) in [7, 11) is 1.53. The third-order valence-electron chi connectivity index (χ3n) is 3.94. The fourth-order valence-electron chi connectivity index (χ4n) is 2.59. The molecule has 128 valence electrons. The van der Waals surface area contributed by atoms with Crippen LogP contribution in [-0.2, 0) is 11.3 Å². The Hall–Kier alpha value is -1.95. The normalized spacial score (nSPS) is 21.3. The van der Waals surface area contributed by atoms with Gasteiger partial charge in [0.2, 0.25) is 0 Å². The Morgan fingerprint density at radius 3 is 2.87 bits per heavy atom. The van der Waals surface area contributed by atoms with Crippen molar-refractivity contribution in [3.63, 3.8) is 0 Å². The summed E-state index contributed by atoms with van der Waals surface area (Å²) in [6.07, 6.45) is 2.17. The van der Waals surface area contributed by atoms with Crippen LogP contribution in [0.25, 0.3) is 0 Å². The van der Waals surface area contributed by atoms with Gasteiger partial charge in [0.05, 0.1) is 19.3 Å². The molecular weight excluding hydrogens is 294 g/mol. The maximum Gasteiger partial charge on any atom is 0.191 e. The number of aliphatic imine (C=N–C) groups is 1. The van der Waals surface area contributed by atoms with Crippen LogP contribution in [-0.4, -0.2) is 43.5 Å². The van der Waals surface area contributed by atoms with Crippen LogP contribution in [0, 0.1) is 0 Å². The molecule has 6 heteroatoms. The van der Waals surface area contributed by atoms with Crippen molar-refractivity contribution in [1.82, 2.24) is 10.6 Å². The van der Waals surface area contributed by atoms with Crippen molar-refractivity contribution >= 4 is 5.96 Å². The van der Waals surface area contributed by atoms with E-state index < -0.39 is 0 Å². The van der Waals surface area contributed by atoms with Crippen molar-refractivity contribution in [2.45, 2.75) is 38.8 Å². The first kappa shape index (κ1) is 17.4. The molecule has 1 saturated heterocycles. The van der Waals surface area contributed by atoms with E-state index >= 15 is 0 Å². The van der Waals surface area contributed by atoms with Crippen LogP contribution in [0.1, 0.15) is 32.3 Å². The molecule has 6 nitrogen and oxygen atoms in total. The third kappa shape index (κ3) is 5.03. The van der Waals surface area contributed by atoms with Crippen molar-refractivity contribution < 1.29 is 14.6 Å². The largest absolute Gasteiger partial charge is 0.504 e. The van der Waals surface area contributed by atoms with Gasteiger partial charge in [-0.05, 0) is 44.4 Å². The minimum Gasteiger partial charge on any atom is -0.504 e. The van der Waals surface area contributed by atoms with Gasteiger partial charge in [-0.1, -0.05) is 6.07 Å². The van der Waals surface area contributed by atoms with Crippen LogP contribution >= 0.6 is 0 Å². The number of aromatic hydroxyl groups is 1. The maximum atomic E-state index is 9.82. The first-order chi connectivity index (χ1) is 11.1. The molecule has 1 aromatic carbocycles. The highest BCUT2D eigenvalue weighted by atomic mass is 16.5. The van der Waals surface area contributed by atoms with Crippen LogP contribution < -0.4 is 15.4 Å². The van der Waals surface area contributed by atoms with Crippen molar-refractivity contribution in [2.24, 2.45) is 4.99 Å². The van der Waals surface area contributed by atoms with Gasteiger partial charge in [0.25, 0.3) is 0 Å². The lowest BCUT2D eigenvalue weighted by atomic mass is 10.0. The van der Waals surface area contributed by atoms with Crippen LogP contribution in [0.2, 0.25) is 0 Å². The lowest BCUT2D eigenvalue weighted by molar-refractivity contribution is 0.0243. The van der Waals surface area contributed by atoms with Gasteiger partial charge >= 0.3 is 0 Å². The minimum absolute atomic E-state index is 0.116. The SMILES string of the molecule is CCNC(=NCc1ccc(OC)c(O)c1)NCC1(C)CCCO1. The molecule has 0 spiro atoms. The standard InChI is InChI=1S/C17H27N3O3/c1-4-18-16(20-12-17(2)8-5-9-23-17)19-11-13-6-7-15(22-3)14(21)10-13/h6-7,10,21H,4-5,8-9,11-12H2,1-3H3,(H2,18,19,20). The monoisotopic (exact) mass is 321 g/mol. The number of nitrogens with one attached hydrogen (secondary N) is 2. The fourth-order valence-corrected chi connectivity index (χ4v) is 2.59. The second-order valence-corrected chi connectivity index (χ2v) is 5.96. The summed E-state index contributed by atoms with van der Waals surface area (Å²) in [5.74, 6) is 1.35. The summed E-state index contributed by atoms with van der Waals surface area (Å²) in [5.41, 5.74) is 0.804. The Morgan fingerprint density at radius 1 is 1.43 bits per heavy atom. The molecule has 2 rings (SSSR count). The summed E-state index contributed by atoms with van der Waals surface area (Å²) in [6.45, 7) is 6.98. The summed E-state index contributed by atoms with van der Waals surface area (Å²) in [4.78, 5) is 4.56. The smallest absolute Gasteiger partial charge is 0.191 e. The van der Waals surface area contributed by atoms with Crippen molar-refractivity contribution in [2.75, 3.05) is 26.8 Å². The predicted molar refractivity (Wildman–Crippen MR) is 91.1 cm³/mol. The lowest BCUT2D eigenvalue weighted by Gasteiger charge is -2.24. The molecule has 1 fully saturated rings. The van der Waals surface area contributed by atoms with Crippen LogP contribution in [0.5, 0.6) is 11.5 Å². The highest BCUT2D eigenvalue weighted by Crippen LogP contribution is 2.26. The number of methoxy groups -OCH3 is 1. The van der Waals surface area contributed by atoms with Gasteiger partial charge in [0, 0.05) is 19.7 Å². The number of hydrogen-bond acceptors (Lipinski definition) is 4. The Labute approximate surface area is 137 Å². The number of phenols is 1. The minimum atomic E-state index is -0.116. The van der Waals surface area contributed by atoms with Crippen molar-refractivity contribution in [1.29, 1.82) is 0 Å². The van der Waals surface area contributed by atoms with E-state index in [1.165, 1.54) is 7.11 Å². The second kappa shape index (κ2) is 8.06. The molecule has 1 atom stereocenters. The second-order valence-electron chi connectivity index (χ2n) is 5.96. The zero-order valence-corrected chi connectivity index (χ0v) is 14.2. The molecule has 0 amide bonds. The van der Waals surface area contributed by atoms with Crippen molar-refractivity contribution in [3.05, 3.63) is 23.8 Å². The average Bonchev–Trinajstić information content (AvgIpc) is 2.97. The highest BCUT2D eigenvalue weighted by molar-refractivity contribution is 5.79. The van der Waals surface area contributed by atoms with Gasteiger partial charge in [-0.2, -0.15) is 0 Å². The molecule has 0 aliphatic carbocycles. The molecule has 0 bridgehead atoms. The van der Waals surface area contributed by atoms with E-state index in [-0.39, 0.29) is 11.4 Å². The molecular formula is C17H27N3O3. The molecule has 3 N–H and O–H groups in total. The van der Waals surface area contributed by atoms with E-state index in [9.17, 15) is 5.11 Å². The number of rotatable bonds is 6. The summed E-state index contributed by atoms with van der Waals surface area (Å²) in [6, 6.07) is 5.31. The zero-order valence-electron chi connectivity index (χ0n) is 14.2. The molecule has 1 unspecified atom stereocenters. The highest BCUT2D eigenvalue weighted by Gasteiger charge is 2.29. The van der Waals surface area contributed by atoms with Gasteiger partial charge in [0.1, 0.15) is 0 Å². The van der Waals surface area contributed by atoms with Crippen LogP contribution in [0.15, 0.2) is 23.2 Å². The number of nitrogens with zero attached hydrogens (tertiary/aromatic N) is 1. The van der Waals surface area contributed by atoms with E-state index in [1.54, 1.807) is 12.1 Å². The van der Waals surface area contributed by atoms with E-state index in [2.05, 4.69) is 22.5 Å². The molecule has 1 heterocycles. The molecule has 23 heavy (non-hydrogen) atoms. The molecule has 1 aliphatic heterocycles. The Kier molecular flexibility index (Phi) is 6.10. The van der Waals surface area contributed by atoms with Crippen molar-refractivity contribution in [3.8, 4) is 11.5 Å². The maximum absolute atomic E-state index is 9.82. The molecule has 0 saturated carbocycles. The van der Waals surface area contributed by atoms with E-state index in [0.717, 1.165) is 44.1 Å². The van der Waals surface area contributed by atoms with Gasteiger partial charge in [-0.25, -0.2) is 4.99 Å². The summed E-state index contributed by atoms with van der Waals surface area (Å²) < 4.78 is 10.8. The number of benzene rings is 1. The first-order valence-electron chi connectivity index (χ1n) is 8.08. The number of hydrogen-bond donors (Lipinski definition) is 3. The summed E-state index contributed by atoms with van der Waals surface area (Å²) >= 11 is 0. The zero-order chi connectivity index (χ0) is 16.7. The lowest BCUT2D eigenvalue weighted by Crippen LogP contribution is -2.45. The number of phenolic OH excluding ortho intramolecular Hbond substituents is 1. The van der Waals surface area contributed by atoms with Gasteiger partial charge in [-0.15, -0.1) is 0 Å².